The lowest BCUT2D eigenvalue weighted by atomic mass is 10.3. The maximum atomic E-state index is 11.5. The van der Waals surface area contributed by atoms with Crippen LogP contribution in [0.5, 0.6) is 0 Å². The van der Waals surface area contributed by atoms with Crippen LogP contribution in [-0.2, 0) is 11.3 Å². The van der Waals surface area contributed by atoms with Crippen molar-refractivity contribution < 1.29 is 4.79 Å². The molecule has 1 N–H and O–H groups in total. The van der Waals surface area contributed by atoms with E-state index in [0.717, 1.165) is 23.4 Å². The zero-order valence-corrected chi connectivity index (χ0v) is 10.0. The summed E-state index contributed by atoms with van der Waals surface area (Å²) in [7, 11) is 0. The van der Waals surface area contributed by atoms with Crippen LogP contribution in [0, 0.1) is 0 Å². The zero-order valence-electron chi connectivity index (χ0n) is 7.62. The molecule has 1 fully saturated rings. The number of carbonyl (C=O) groups excluding carboxylic acids is 1. The second-order valence-electron chi connectivity index (χ2n) is 3.20. The smallest absolute Gasteiger partial charge is 0.236 e. The Balaban J connectivity index is 1.99. The van der Waals surface area contributed by atoms with E-state index in [1.807, 2.05) is 11.0 Å². The minimum absolute atomic E-state index is 0.195. The Morgan fingerprint density at radius 3 is 3.07 bits per heavy atom. The Hall–Kier alpha value is -0.390. The van der Waals surface area contributed by atoms with Crippen LogP contribution in [0.2, 0.25) is 0 Å². The highest BCUT2D eigenvalue weighted by molar-refractivity contribution is 9.11. The average Bonchev–Trinajstić information content (AvgIpc) is 2.56. The number of nitrogens with zero attached hydrogens (tertiary/aromatic N) is 1. The molecule has 0 aliphatic carbocycles. The lowest BCUT2D eigenvalue weighted by Gasteiger charge is -2.26. The molecular formula is C9H11BrN2OS. The molecule has 2 rings (SSSR count). The third-order valence-electron chi connectivity index (χ3n) is 2.16. The van der Waals surface area contributed by atoms with Crippen molar-refractivity contribution >= 4 is 33.2 Å². The summed E-state index contributed by atoms with van der Waals surface area (Å²) in [5.41, 5.74) is 0. The molecule has 5 heteroatoms. The van der Waals surface area contributed by atoms with Gasteiger partial charge in [-0.1, -0.05) is 0 Å². The molecule has 14 heavy (non-hydrogen) atoms. The molecule has 0 spiro atoms. The lowest BCUT2D eigenvalue weighted by molar-refractivity contribution is -0.132. The van der Waals surface area contributed by atoms with E-state index in [1.54, 1.807) is 11.3 Å². The molecule has 1 aliphatic rings. The fourth-order valence-electron chi connectivity index (χ4n) is 1.44. The summed E-state index contributed by atoms with van der Waals surface area (Å²) in [6.07, 6.45) is 0. The maximum absolute atomic E-state index is 11.5. The number of piperazine rings is 1. The van der Waals surface area contributed by atoms with Crippen LogP contribution in [0.25, 0.3) is 0 Å². The number of carbonyl (C=O) groups is 1. The third-order valence-corrected chi connectivity index (χ3v) is 3.77. The van der Waals surface area contributed by atoms with E-state index in [2.05, 4.69) is 27.3 Å². The molecule has 0 aromatic carbocycles. The van der Waals surface area contributed by atoms with Gasteiger partial charge in [0, 0.05) is 18.0 Å². The summed E-state index contributed by atoms with van der Waals surface area (Å²) in [4.78, 5) is 14.6. The van der Waals surface area contributed by atoms with Gasteiger partial charge in [-0.15, -0.1) is 11.3 Å². The first-order valence-electron chi connectivity index (χ1n) is 4.48. The quantitative estimate of drug-likeness (QED) is 0.886. The van der Waals surface area contributed by atoms with E-state index in [-0.39, 0.29) is 5.91 Å². The minimum Gasteiger partial charge on any atom is -0.335 e. The van der Waals surface area contributed by atoms with Gasteiger partial charge in [0.25, 0.3) is 0 Å². The molecule has 0 unspecified atom stereocenters. The van der Waals surface area contributed by atoms with E-state index in [4.69, 9.17) is 0 Å². The largest absolute Gasteiger partial charge is 0.335 e. The fraction of sp³-hybridized carbons (Fsp3) is 0.444. The van der Waals surface area contributed by atoms with Crippen LogP contribution in [0.3, 0.4) is 0 Å². The van der Waals surface area contributed by atoms with E-state index < -0.39 is 0 Å². The second kappa shape index (κ2) is 4.42. The van der Waals surface area contributed by atoms with Crippen LogP contribution in [-0.4, -0.2) is 30.4 Å². The van der Waals surface area contributed by atoms with Gasteiger partial charge in [0.05, 0.1) is 16.9 Å². The molecule has 0 radical (unpaired) electrons. The summed E-state index contributed by atoms with van der Waals surface area (Å²) < 4.78 is 1.12. The predicted molar refractivity (Wildman–Crippen MR) is 60.3 cm³/mol. The van der Waals surface area contributed by atoms with Gasteiger partial charge >= 0.3 is 0 Å². The first-order valence-corrected chi connectivity index (χ1v) is 6.09. The van der Waals surface area contributed by atoms with Crippen molar-refractivity contribution in [1.82, 2.24) is 10.2 Å². The second-order valence-corrected chi connectivity index (χ2v) is 5.75. The maximum Gasteiger partial charge on any atom is 0.236 e. The van der Waals surface area contributed by atoms with E-state index in [1.165, 1.54) is 4.88 Å². The van der Waals surface area contributed by atoms with Gasteiger partial charge in [-0.3, -0.25) is 4.79 Å². The van der Waals surface area contributed by atoms with Crippen LogP contribution in [0.1, 0.15) is 4.88 Å². The third kappa shape index (κ3) is 2.34. The van der Waals surface area contributed by atoms with Crippen molar-refractivity contribution in [2.75, 3.05) is 19.6 Å². The molecule has 1 saturated heterocycles. The molecule has 3 nitrogen and oxygen atoms in total. The molecule has 1 aliphatic heterocycles. The Kier molecular flexibility index (Phi) is 3.20. The van der Waals surface area contributed by atoms with Crippen molar-refractivity contribution in [3.8, 4) is 0 Å². The Morgan fingerprint density at radius 2 is 2.43 bits per heavy atom. The highest BCUT2D eigenvalue weighted by Crippen LogP contribution is 2.23. The van der Waals surface area contributed by atoms with Crippen molar-refractivity contribution in [1.29, 1.82) is 0 Å². The number of nitrogens with one attached hydrogen (secondary N) is 1. The summed E-state index contributed by atoms with van der Waals surface area (Å²) in [6.45, 7) is 2.94. The molecule has 1 aromatic rings. The van der Waals surface area contributed by atoms with Gasteiger partial charge < -0.3 is 10.2 Å². The van der Waals surface area contributed by atoms with Crippen LogP contribution in [0.15, 0.2) is 15.9 Å². The Bertz CT molecular complexity index is 339. The molecule has 0 atom stereocenters. The van der Waals surface area contributed by atoms with E-state index in [0.29, 0.717) is 6.54 Å². The van der Waals surface area contributed by atoms with Crippen LogP contribution >= 0.6 is 27.3 Å². The number of hydrogen-bond donors (Lipinski definition) is 1. The van der Waals surface area contributed by atoms with Crippen molar-refractivity contribution in [2.24, 2.45) is 0 Å². The topological polar surface area (TPSA) is 32.3 Å². The predicted octanol–water partition coefficient (Wildman–Crippen LogP) is 1.44. The number of thiophene rings is 1. The Morgan fingerprint density at radius 1 is 1.57 bits per heavy atom. The lowest BCUT2D eigenvalue weighted by Crippen LogP contribution is -2.47. The van der Waals surface area contributed by atoms with Gasteiger partial charge in [-0.2, -0.15) is 0 Å². The molecule has 1 aromatic heterocycles. The van der Waals surface area contributed by atoms with E-state index >= 15 is 0 Å². The van der Waals surface area contributed by atoms with Crippen LogP contribution < -0.4 is 5.32 Å². The monoisotopic (exact) mass is 274 g/mol. The fourth-order valence-corrected chi connectivity index (χ4v) is 2.94. The number of hydrogen-bond acceptors (Lipinski definition) is 3. The molecule has 1 amide bonds. The molecular weight excluding hydrogens is 264 g/mol. The normalized spacial score (nSPS) is 17.5. The Labute approximate surface area is 95.2 Å². The van der Waals surface area contributed by atoms with Crippen molar-refractivity contribution in [3.63, 3.8) is 0 Å². The highest BCUT2D eigenvalue weighted by Gasteiger charge is 2.17. The number of rotatable bonds is 2. The summed E-state index contributed by atoms with van der Waals surface area (Å²) in [5.74, 6) is 0.195. The number of amides is 1. The van der Waals surface area contributed by atoms with E-state index in [9.17, 15) is 4.79 Å². The zero-order chi connectivity index (χ0) is 9.97. The molecule has 0 saturated carbocycles. The number of halogens is 1. The van der Waals surface area contributed by atoms with Crippen LogP contribution in [0.4, 0.5) is 0 Å². The van der Waals surface area contributed by atoms with Crippen molar-refractivity contribution in [3.05, 3.63) is 20.8 Å². The SMILES string of the molecule is O=C1CNCCN1Cc1ccc(Br)s1. The summed E-state index contributed by atoms with van der Waals surface area (Å²) in [5, 5.41) is 3.06. The first-order chi connectivity index (χ1) is 6.75. The van der Waals surface area contributed by atoms with Gasteiger partial charge in [0.2, 0.25) is 5.91 Å². The van der Waals surface area contributed by atoms with Gasteiger partial charge in [0.1, 0.15) is 0 Å². The molecule has 76 valence electrons. The van der Waals surface area contributed by atoms with Gasteiger partial charge in [0.15, 0.2) is 0 Å². The summed E-state index contributed by atoms with van der Waals surface area (Å²) >= 11 is 5.10. The summed E-state index contributed by atoms with van der Waals surface area (Å²) in [6, 6.07) is 4.08. The minimum atomic E-state index is 0.195. The molecule has 2 heterocycles. The highest BCUT2D eigenvalue weighted by atomic mass is 79.9. The van der Waals surface area contributed by atoms with Gasteiger partial charge in [-0.05, 0) is 28.1 Å². The first kappa shape index (κ1) is 10.1. The average molecular weight is 275 g/mol. The standard InChI is InChI=1S/C9H11BrN2OS/c10-8-2-1-7(14-8)6-12-4-3-11-5-9(12)13/h1-2,11H,3-6H2. The van der Waals surface area contributed by atoms with Gasteiger partial charge in [-0.25, -0.2) is 0 Å². The van der Waals surface area contributed by atoms with Crippen molar-refractivity contribution in [2.45, 2.75) is 6.54 Å². The molecule has 0 bridgehead atoms.